The normalized spacial score (nSPS) is 16.4. The summed E-state index contributed by atoms with van der Waals surface area (Å²) < 4.78 is 25.3. The van der Waals surface area contributed by atoms with Crippen LogP contribution < -0.4 is 20.1 Å². The van der Waals surface area contributed by atoms with E-state index in [2.05, 4.69) is 15.6 Å². The number of para-hydroxylation sites is 2. The Hall–Kier alpha value is -2.76. The summed E-state index contributed by atoms with van der Waals surface area (Å²) in [5, 5.41) is 6.37. The highest BCUT2D eigenvalue weighted by molar-refractivity contribution is 5.79. The molecule has 2 aromatic carbocycles. The number of halogens is 1. The number of guanidine groups is 1. The quantitative estimate of drug-likeness (QED) is 0.647. The Morgan fingerprint density at radius 3 is 2.68 bits per heavy atom. The minimum atomic E-state index is -0.247. The van der Waals surface area contributed by atoms with E-state index in [0.29, 0.717) is 31.2 Å². The molecule has 1 aliphatic rings. The van der Waals surface area contributed by atoms with Crippen LogP contribution in [-0.2, 0) is 6.54 Å². The molecule has 0 aromatic heterocycles. The molecule has 0 bridgehead atoms. The van der Waals surface area contributed by atoms with E-state index in [4.69, 9.17) is 9.47 Å². The predicted molar refractivity (Wildman–Crippen MR) is 95.6 cm³/mol. The average Bonchev–Trinajstić information content (AvgIpc) is 2.65. The molecule has 132 valence electrons. The van der Waals surface area contributed by atoms with Crippen molar-refractivity contribution in [3.63, 3.8) is 0 Å². The molecular formula is C19H22FN3O2. The topological polar surface area (TPSA) is 54.9 Å². The van der Waals surface area contributed by atoms with Crippen molar-refractivity contribution in [3.05, 3.63) is 59.9 Å². The molecule has 0 amide bonds. The van der Waals surface area contributed by atoms with E-state index in [1.54, 1.807) is 18.2 Å². The lowest BCUT2D eigenvalue weighted by molar-refractivity contribution is 0.0936. The van der Waals surface area contributed by atoms with Crippen molar-refractivity contribution < 1.29 is 13.9 Å². The van der Waals surface area contributed by atoms with E-state index in [1.807, 2.05) is 31.2 Å². The van der Waals surface area contributed by atoms with Crippen LogP contribution in [-0.4, -0.2) is 31.8 Å². The first-order valence-electron chi connectivity index (χ1n) is 8.40. The molecule has 1 aliphatic heterocycles. The monoisotopic (exact) mass is 343 g/mol. The van der Waals surface area contributed by atoms with Gasteiger partial charge in [-0.3, -0.25) is 0 Å². The molecule has 6 heteroatoms. The number of hydrogen-bond donors (Lipinski definition) is 2. The summed E-state index contributed by atoms with van der Waals surface area (Å²) in [6.45, 7) is 3.98. The fraction of sp³-hybridized carbons (Fsp3) is 0.316. The summed E-state index contributed by atoms with van der Waals surface area (Å²) in [6.07, 6.45) is -0.118. The molecule has 1 unspecified atom stereocenters. The van der Waals surface area contributed by atoms with Crippen LogP contribution in [0.1, 0.15) is 12.5 Å². The minimum absolute atomic E-state index is 0.118. The van der Waals surface area contributed by atoms with Gasteiger partial charge in [-0.25, -0.2) is 9.38 Å². The zero-order chi connectivity index (χ0) is 17.5. The van der Waals surface area contributed by atoms with Crippen molar-refractivity contribution >= 4 is 5.96 Å². The Kier molecular flexibility index (Phi) is 5.72. The molecule has 0 saturated carbocycles. The highest BCUT2D eigenvalue weighted by atomic mass is 19.1. The van der Waals surface area contributed by atoms with Gasteiger partial charge in [0, 0.05) is 12.1 Å². The van der Waals surface area contributed by atoms with Gasteiger partial charge in [-0.1, -0.05) is 30.3 Å². The molecule has 1 atom stereocenters. The van der Waals surface area contributed by atoms with Crippen molar-refractivity contribution in [1.82, 2.24) is 10.6 Å². The molecule has 0 fully saturated rings. The first kappa shape index (κ1) is 17.1. The van der Waals surface area contributed by atoms with Gasteiger partial charge in [0.1, 0.15) is 18.5 Å². The van der Waals surface area contributed by atoms with Crippen molar-refractivity contribution in [2.75, 3.05) is 19.7 Å². The van der Waals surface area contributed by atoms with E-state index in [0.717, 1.165) is 11.5 Å². The van der Waals surface area contributed by atoms with Gasteiger partial charge >= 0.3 is 0 Å². The second kappa shape index (κ2) is 8.37. The summed E-state index contributed by atoms with van der Waals surface area (Å²) in [6, 6.07) is 14.3. The zero-order valence-electron chi connectivity index (χ0n) is 14.2. The number of aliphatic imine (C=N–C) groups is 1. The molecular weight excluding hydrogens is 321 g/mol. The van der Waals surface area contributed by atoms with Crippen LogP contribution in [0.15, 0.2) is 53.5 Å². The van der Waals surface area contributed by atoms with Gasteiger partial charge in [0.15, 0.2) is 17.5 Å². The van der Waals surface area contributed by atoms with Gasteiger partial charge in [-0.15, -0.1) is 0 Å². The number of rotatable bonds is 5. The molecule has 0 saturated heterocycles. The van der Waals surface area contributed by atoms with E-state index in [1.165, 1.54) is 6.07 Å². The fourth-order valence-corrected chi connectivity index (χ4v) is 2.51. The summed E-state index contributed by atoms with van der Waals surface area (Å²) in [5.74, 6) is 1.88. The lowest BCUT2D eigenvalue weighted by Crippen LogP contribution is -2.45. The largest absolute Gasteiger partial charge is 0.486 e. The summed E-state index contributed by atoms with van der Waals surface area (Å²) in [7, 11) is 0. The van der Waals surface area contributed by atoms with E-state index in [9.17, 15) is 4.39 Å². The molecule has 2 N–H and O–H groups in total. The second-order valence-corrected chi connectivity index (χ2v) is 5.67. The number of nitrogens with zero attached hydrogens (tertiary/aromatic N) is 1. The van der Waals surface area contributed by atoms with Crippen molar-refractivity contribution in [2.24, 2.45) is 4.99 Å². The summed E-state index contributed by atoms with van der Waals surface area (Å²) >= 11 is 0. The molecule has 1 heterocycles. The van der Waals surface area contributed by atoms with Gasteiger partial charge < -0.3 is 20.1 Å². The van der Waals surface area contributed by atoms with Gasteiger partial charge in [-0.05, 0) is 25.1 Å². The van der Waals surface area contributed by atoms with E-state index >= 15 is 0 Å². The minimum Gasteiger partial charge on any atom is -0.486 e. The first-order chi connectivity index (χ1) is 12.3. The van der Waals surface area contributed by atoms with Gasteiger partial charge in [0.2, 0.25) is 0 Å². The van der Waals surface area contributed by atoms with Gasteiger partial charge in [0.25, 0.3) is 0 Å². The lowest BCUT2D eigenvalue weighted by atomic mass is 10.2. The molecule has 25 heavy (non-hydrogen) atoms. The highest BCUT2D eigenvalue weighted by Gasteiger charge is 2.20. The predicted octanol–water partition coefficient (Wildman–Crippen LogP) is 2.72. The zero-order valence-corrected chi connectivity index (χ0v) is 14.2. The standard InChI is InChI=1S/C19H22FN3O2/c1-2-21-19(22-11-14-7-3-4-8-16(14)20)23-12-15-13-24-17-9-5-6-10-18(17)25-15/h3-10,15H,2,11-13H2,1H3,(H2,21,22,23). The number of fused-ring (bicyclic) bond motifs is 1. The molecule has 2 aromatic rings. The van der Waals surface area contributed by atoms with Crippen LogP contribution in [0.3, 0.4) is 0 Å². The third-order valence-electron chi connectivity index (χ3n) is 3.77. The smallest absolute Gasteiger partial charge is 0.191 e. The van der Waals surface area contributed by atoms with Crippen molar-refractivity contribution in [1.29, 1.82) is 0 Å². The van der Waals surface area contributed by atoms with Crippen LogP contribution in [0.5, 0.6) is 11.5 Å². The van der Waals surface area contributed by atoms with Crippen molar-refractivity contribution in [3.8, 4) is 11.5 Å². The number of ether oxygens (including phenoxy) is 2. The highest BCUT2D eigenvalue weighted by Crippen LogP contribution is 2.30. The molecule has 0 spiro atoms. The molecule has 0 aliphatic carbocycles. The maximum Gasteiger partial charge on any atom is 0.191 e. The summed E-state index contributed by atoms with van der Waals surface area (Å²) in [4.78, 5) is 4.43. The van der Waals surface area contributed by atoms with E-state index < -0.39 is 0 Å². The average molecular weight is 343 g/mol. The fourth-order valence-electron chi connectivity index (χ4n) is 2.51. The van der Waals surface area contributed by atoms with Crippen LogP contribution in [0.25, 0.3) is 0 Å². The Morgan fingerprint density at radius 2 is 1.88 bits per heavy atom. The Labute approximate surface area is 146 Å². The maximum absolute atomic E-state index is 13.7. The molecule has 5 nitrogen and oxygen atoms in total. The number of benzene rings is 2. The maximum atomic E-state index is 13.7. The first-order valence-corrected chi connectivity index (χ1v) is 8.40. The van der Waals surface area contributed by atoms with Crippen molar-refractivity contribution in [2.45, 2.75) is 19.6 Å². The lowest BCUT2D eigenvalue weighted by Gasteiger charge is -2.27. The summed E-state index contributed by atoms with van der Waals surface area (Å²) in [5.41, 5.74) is 0.561. The van der Waals surface area contributed by atoms with Crippen LogP contribution in [0.2, 0.25) is 0 Å². The van der Waals surface area contributed by atoms with Crippen LogP contribution in [0.4, 0.5) is 4.39 Å². The number of hydrogen-bond acceptors (Lipinski definition) is 3. The Bertz CT molecular complexity index is 736. The third kappa shape index (κ3) is 4.62. The second-order valence-electron chi connectivity index (χ2n) is 5.67. The van der Waals surface area contributed by atoms with Gasteiger partial charge in [-0.2, -0.15) is 0 Å². The molecule has 0 radical (unpaired) electrons. The Balaban J connectivity index is 1.57. The number of nitrogens with one attached hydrogen (secondary N) is 2. The third-order valence-corrected chi connectivity index (χ3v) is 3.77. The van der Waals surface area contributed by atoms with Crippen LogP contribution in [0, 0.1) is 5.82 Å². The van der Waals surface area contributed by atoms with Crippen LogP contribution >= 0.6 is 0 Å². The SMILES string of the molecule is CCNC(=NCc1ccccc1F)NCC1COc2ccccc2O1. The van der Waals surface area contributed by atoms with Gasteiger partial charge in [0.05, 0.1) is 13.1 Å². The Morgan fingerprint density at radius 1 is 1.12 bits per heavy atom. The van der Waals surface area contributed by atoms with E-state index in [-0.39, 0.29) is 18.5 Å². The molecule has 3 rings (SSSR count).